The summed E-state index contributed by atoms with van der Waals surface area (Å²) in [6.45, 7) is 2.10. The zero-order valence-electron chi connectivity index (χ0n) is 8.45. The van der Waals surface area contributed by atoms with Crippen molar-refractivity contribution in [3.8, 4) is 0 Å². The average Bonchev–Trinajstić information content (AvgIpc) is 2.15. The van der Waals surface area contributed by atoms with E-state index in [0.717, 1.165) is 19.5 Å². The van der Waals surface area contributed by atoms with Crippen molar-refractivity contribution in [3.63, 3.8) is 0 Å². The SMILES string of the molecule is NC(=O)C[N+]1(Br)CCc2ccccc2C1. The number of carbonyl (C=O) groups is 1. The Kier molecular flexibility index (Phi) is 2.80. The summed E-state index contributed by atoms with van der Waals surface area (Å²) >= 11 is 3.60. The van der Waals surface area contributed by atoms with Gasteiger partial charge in [-0.05, 0) is 5.56 Å². The van der Waals surface area contributed by atoms with E-state index in [9.17, 15) is 4.79 Å². The van der Waals surface area contributed by atoms with Gasteiger partial charge in [-0.1, -0.05) is 24.3 Å². The number of hydrogen-bond acceptors (Lipinski definition) is 1. The Morgan fingerprint density at radius 2 is 2.07 bits per heavy atom. The number of quaternary nitrogens is 1. The highest BCUT2D eigenvalue weighted by atomic mass is 79.9. The standard InChI is InChI=1S/C11H13BrN2O/c12-14(8-11(13)15)6-5-9-3-1-2-4-10(9)7-14/h1-4H,5-8H2,(H-,13,15)/p+1. The fraction of sp³-hybridized carbons (Fsp3) is 0.364. The van der Waals surface area contributed by atoms with Gasteiger partial charge in [0.25, 0.3) is 5.91 Å². The number of carbonyl (C=O) groups excluding carboxylic acids is 1. The van der Waals surface area contributed by atoms with Gasteiger partial charge in [-0.2, -0.15) is 0 Å². The third kappa shape index (κ3) is 2.38. The Morgan fingerprint density at radius 1 is 1.40 bits per heavy atom. The highest BCUT2D eigenvalue weighted by molar-refractivity contribution is 9.05. The Hall–Kier alpha value is -0.870. The van der Waals surface area contributed by atoms with Gasteiger partial charge in [0.15, 0.2) is 6.54 Å². The van der Waals surface area contributed by atoms with Crippen LogP contribution in [0.15, 0.2) is 24.3 Å². The fourth-order valence-corrected chi connectivity index (χ4v) is 2.77. The van der Waals surface area contributed by atoms with Crippen LogP contribution in [0.25, 0.3) is 0 Å². The summed E-state index contributed by atoms with van der Waals surface area (Å²) in [5, 5.41) is 0. The monoisotopic (exact) mass is 269 g/mol. The number of benzene rings is 1. The van der Waals surface area contributed by atoms with Crippen LogP contribution in [0, 0.1) is 0 Å². The summed E-state index contributed by atoms with van der Waals surface area (Å²) in [5.74, 6) is -0.258. The van der Waals surface area contributed by atoms with Crippen LogP contribution in [-0.2, 0) is 17.8 Å². The minimum Gasteiger partial charge on any atom is -0.365 e. The first-order valence-corrected chi connectivity index (χ1v) is 5.71. The van der Waals surface area contributed by atoms with Crippen LogP contribution >= 0.6 is 16.1 Å². The minimum absolute atomic E-state index is 0.258. The second-order valence-corrected chi connectivity index (χ2v) is 5.56. The van der Waals surface area contributed by atoms with Crippen LogP contribution < -0.4 is 5.73 Å². The molecule has 0 radical (unpaired) electrons. The second-order valence-electron chi connectivity index (χ2n) is 4.05. The second kappa shape index (κ2) is 3.94. The van der Waals surface area contributed by atoms with Crippen LogP contribution in [0.1, 0.15) is 11.1 Å². The summed E-state index contributed by atoms with van der Waals surface area (Å²) in [6, 6.07) is 8.35. The number of nitrogens with zero attached hydrogens (tertiary/aromatic N) is 1. The van der Waals surface area contributed by atoms with Crippen molar-refractivity contribution in [1.29, 1.82) is 0 Å². The van der Waals surface area contributed by atoms with E-state index >= 15 is 0 Å². The number of amides is 1. The molecule has 4 heteroatoms. The fourth-order valence-electron chi connectivity index (χ4n) is 2.08. The first-order chi connectivity index (χ1) is 7.09. The van der Waals surface area contributed by atoms with E-state index in [4.69, 9.17) is 5.73 Å². The van der Waals surface area contributed by atoms with Crippen LogP contribution in [-0.4, -0.2) is 22.5 Å². The molecule has 1 aromatic carbocycles. The van der Waals surface area contributed by atoms with Crippen LogP contribution in [0.2, 0.25) is 0 Å². The van der Waals surface area contributed by atoms with Crippen LogP contribution in [0.3, 0.4) is 0 Å². The van der Waals surface area contributed by atoms with Gasteiger partial charge < -0.3 is 5.73 Å². The summed E-state index contributed by atoms with van der Waals surface area (Å²) in [5.41, 5.74) is 7.94. The zero-order valence-corrected chi connectivity index (χ0v) is 10.0. The summed E-state index contributed by atoms with van der Waals surface area (Å²) in [4.78, 5) is 11.0. The maximum atomic E-state index is 11.0. The smallest absolute Gasteiger partial charge is 0.273 e. The Bertz CT molecular complexity index is 394. The zero-order chi connectivity index (χ0) is 10.9. The molecule has 0 saturated carbocycles. The van der Waals surface area contributed by atoms with E-state index in [-0.39, 0.29) is 5.91 Å². The number of nitrogens with two attached hydrogens (primary N) is 1. The molecular weight excluding hydrogens is 256 g/mol. The molecule has 0 spiro atoms. The van der Waals surface area contributed by atoms with Crippen molar-refractivity contribution in [2.24, 2.45) is 5.73 Å². The molecule has 1 unspecified atom stereocenters. The molecule has 1 aliphatic heterocycles. The predicted octanol–water partition coefficient (Wildman–Crippen LogP) is 1.35. The lowest BCUT2D eigenvalue weighted by Gasteiger charge is -2.33. The molecule has 1 heterocycles. The quantitative estimate of drug-likeness (QED) is 0.810. The molecule has 80 valence electrons. The number of fused-ring (bicyclic) bond motifs is 1. The maximum absolute atomic E-state index is 11.0. The molecule has 0 aromatic heterocycles. The molecule has 0 bridgehead atoms. The Balaban J connectivity index is 2.21. The van der Waals surface area contributed by atoms with Crippen LogP contribution in [0.4, 0.5) is 0 Å². The lowest BCUT2D eigenvalue weighted by molar-refractivity contribution is -0.787. The number of halogens is 1. The summed E-state index contributed by atoms with van der Waals surface area (Å²) in [7, 11) is 0. The molecule has 0 aliphatic carbocycles. The maximum Gasteiger partial charge on any atom is 0.273 e. The van der Waals surface area contributed by atoms with Gasteiger partial charge in [-0.15, -0.1) is 0 Å². The average molecular weight is 270 g/mol. The van der Waals surface area contributed by atoms with Crippen molar-refractivity contribution in [2.45, 2.75) is 13.0 Å². The van der Waals surface area contributed by atoms with E-state index < -0.39 is 0 Å². The molecule has 15 heavy (non-hydrogen) atoms. The van der Waals surface area contributed by atoms with E-state index in [0.29, 0.717) is 10.1 Å². The van der Waals surface area contributed by atoms with Gasteiger partial charge in [0, 0.05) is 12.0 Å². The molecule has 2 N–H and O–H groups in total. The minimum atomic E-state index is -0.258. The first-order valence-electron chi connectivity index (χ1n) is 5.00. The van der Waals surface area contributed by atoms with Gasteiger partial charge in [-0.3, -0.25) is 4.79 Å². The topological polar surface area (TPSA) is 43.1 Å². The van der Waals surface area contributed by atoms with Gasteiger partial charge in [0.05, 0.1) is 6.54 Å². The molecular formula is C11H14BrN2O+. The number of rotatable bonds is 2. The predicted molar refractivity (Wildman–Crippen MR) is 62.0 cm³/mol. The Morgan fingerprint density at radius 3 is 2.73 bits per heavy atom. The van der Waals surface area contributed by atoms with Crippen molar-refractivity contribution in [2.75, 3.05) is 13.1 Å². The third-order valence-electron chi connectivity index (χ3n) is 2.79. The largest absolute Gasteiger partial charge is 0.365 e. The highest BCUT2D eigenvalue weighted by Gasteiger charge is 2.32. The van der Waals surface area contributed by atoms with E-state index in [1.165, 1.54) is 11.1 Å². The molecule has 3 nitrogen and oxygen atoms in total. The van der Waals surface area contributed by atoms with Crippen molar-refractivity contribution in [3.05, 3.63) is 35.4 Å². The lowest BCUT2D eigenvalue weighted by Crippen LogP contribution is -2.47. The van der Waals surface area contributed by atoms with Crippen molar-refractivity contribution >= 4 is 22.1 Å². The lowest BCUT2D eigenvalue weighted by atomic mass is 10.00. The molecule has 1 amide bonds. The van der Waals surface area contributed by atoms with E-state index in [2.05, 4.69) is 34.3 Å². The van der Waals surface area contributed by atoms with Crippen molar-refractivity contribution in [1.82, 2.24) is 0 Å². The Labute approximate surface area is 97.8 Å². The molecule has 0 fully saturated rings. The highest BCUT2D eigenvalue weighted by Crippen LogP contribution is 2.28. The molecule has 2 rings (SSSR count). The number of hydrogen-bond donors (Lipinski definition) is 1. The summed E-state index contributed by atoms with van der Waals surface area (Å²) in [6.07, 6.45) is 0.995. The van der Waals surface area contributed by atoms with Gasteiger partial charge in [0.2, 0.25) is 16.1 Å². The van der Waals surface area contributed by atoms with Gasteiger partial charge >= 0.3 is 0 Å². The normalized spacial score (nSPS) is 24.6. The van der Waals surface area contributed by atoms with Crippen molar-refractivity contribution < 1.29 is 8.30 Å². The third-order valence-corrected chi connectivity index (χ3v) is 3.65. The summed E-state index contributed by atoms with van der Waals surface area (Å²) < 4.78 is 0.555. The number of primary amides is 1. The molecule has 1 atom stereocenters. The first kappa shape index (κ1) is 10.6. The van der Waals surface area contributed by atoms with Gasteiger partial charge in [-0.25, -0.2) is 3.51 Å². The molecule has 1 aromatic rings. The molecule has 0 saturated heterocycles. The van der Waals surface area contributed by atoms with Crippen LogP contribution in [0.5, 0.6) is 0 Å². The van der Waals surface area contributed by atoms with E-state index in [1.807, 2.05) is 6.07 Å². The van der Waals surface area contributed by atoms with Gasteiger partial charge in [0.1, 0.15) is 6.54 Å². The molecule has 1 aliphatic rings. The van der Waals surface area contributed by atoms with E-state index in [1.54, 1.807) is 0 Å².